The maximum absolute atomic E-state index is 11.9. The van der Waals surface area contributed by atoms with Crippen LogP contribution in [0.15, 0.2) is 60.7 Å². The molecule has 0 fully saturated rings. The van der Waals surface area contributed by atoms with E-state index in [1.165, 1.54) is 0 Å². The number of carbonyl (C=O) groups excluding carboxylic acids is 1. The Morgan fingerprint density at radius 2 is 1.62 bits per heavy atom. The Bertz CT molecular complexity index is 564. The highest BCUT2D eigenvalue weighted by atomic mass is 16.3. The molecule has 0 aliphatic rings. The summed E-state index contributed by atoms with van der Waals surface area (Å²) in [6, 6.07) is 19.3. The number of nitrogens with one attached hydrogen (secondary N) is 1. The molecule has 0 spiro atoms. The van der Waals surface area contributed by atoms with Crippen LogP contribution in [0, 0.1) is 0 Å². The molecular formula is C18H21NO2. The largest absolute Gasteiger partial charge is 0.384 e. The second kappa shape index (κ2) is 7.04. The van der Waals surface area contributed by atoms with Crippen molar-refractivity contribution in [3.05, 3.63) is 71.8 Å². The third-order valence-corrected chi connectivity index (χ3v) is 3.51. The van der Waals surface area contributed by atoms with Crippen LogP contribution in [0.4, 0.5) is 0 Å². The van der Waals surface area contributed by atoms with Crippen LogP contribution in [-0.2, 0) is 16.8 Å². The molecule has 1 atom stereocenters. The molecule has 3 heteroatoms. The number of rotatable bonds is 6. The van der Waals surface area contributed by atoms with Gasteiger partial charge in [0, 0.05) is 6.42 Å². The van der Waals surface area contributed by atoms with Crippen molar-refractivity contribution in [1.82, 2.24) is 5.32 Å². The summed E-state index contributed by atoms with van der Waals surface area (Å²) in [7, 11) is 0. The fraction of sp³-hybridized carbons (Fsp3) is 0.278. The Labute approximate surface area is 125 Å². The molecule has 0 unspecified atom stereocenters. The normalized spacial score (nSPS) is 13.4. The van der Waals surface area contributed by atoms with Crippen LogP contribution in [0.25, 0.3) is 0 Å². The molecule has 0 aromatic heterocycles. The smallest absolute Gasteiger partial charge is 0.220 e. The quantitative estimate of drug-likeness (QED) is 0.856. The maximum atomic E-state index is 11.9. The number of benzene rings is 2. The van der Waals surface area contributed by atoms with Gasteiger partial charge in [-0.2, -0.15) is 0 Å². The van der Waals surface area contributed by atoms with Crippen molar-refractivity contribution in [3.63, 3.8) is 0 Å². The maximum Gasteiger partial charge on any atom is 0.220 e. The van der Waals surface area contributed by atoms with Gasteiger partial charge in [0.15, 0.2) is 0 Å². The predicted molar refractivity (Wildman–Crippen MR) is 83.8 cm³/mol. The molecule has 2 rings (SSSR count). The molecule has 0 saturated carbocycles. The topological polar surface area (TPSA) is 49.3 Å². The van der Waals surface area contributed by atoms with Gasteiger partial charge < -0.3 is 10.4 Å². The fourth-order valence-electron chi connectivity index (χ4n) is 2.16. The number of carbonyl (C=O) groups is 1. The van der Waals surface area contributed by atoms with Crippen LogP contribution in [0.2, 0.25) is 0 Å². The van der Waals surface area contributed by atoms with Gasteiger partial charge in [-0.25, -0.2) is 0 Å². The molecule has 0 aliphatic heterocycles. The molecule has 110 valence electrons. The van der Waals surface area contributed by atoms with Gasteiger partial charge in [0.05, 0.1) is 6.54 Å². The molecule has 21 heavy (non-hydrogen) atoms. The Hall–Kier alpha value is -2.13. The van der Waals surface area contributed by atoms with Gasteiger partial charge in [0.2, 0.25) is 5.91 Å². The standard InChI is InChI=1S/C18H21NO2/c1-18(21,16-10-6-3-7-11-16)14-19-17(20)13-12-15-8-4-2-5-9-15/h2-11,21H,12-14H2,1H3,(H,19,20)/t18-/m1/s1. The lowest BCUT2D eigenvalue weighted by Crippen LogP contribution is -2.38. The van der Waals surface area contributed by atoms with E-state index in [9.17, 15) is 9.90 Å². The molecule has 2 aromatic rings. The van der Waals surface area contributed by atoms with E-state index in [1.807, 2.05) is 60.7 Å². The summed E-state index contributed by atoms with van der Waals surface area (Å²) in [5, 5.41) is 13.2. The second-order valence-electron chi connectivity index (χ2n) is 5.40. The van der Waals surface area contributed by atoms with E-state index in [1.54, 1.807) is 6.92 Å². The first-order valence-corrected chi connectivity index (χ1v) is 7.16. The van der Waals surface area contributed by atoms with Crippen molar-refractivity contribution in [1.29, 1.82) is 0 Å². The third kappa shape index (κ3) is 4.72. The molecule has 3 nitrogen and oxygen atoms in total. The molecule has 0 radical (unpaired) electrons. The zero-order valence-corrected chi connectivity index (χ0v) is 12.3. The summed E-state index contributed by atoms with van der Waals surface area (Å²) in [6.45, 7) is 1.92. The number of amides is 1. The van der Waals surface area contributed by atoms with E-state index < -0.39 is 5.60 Å². The summed E-state index contributed by atoms with van der Waals surface area (Å²) >= 11 is 0. The van der Waals surface area contributed by atoms with E-state index in [0.717, 1.165) is 11.1 Å². The summed E-state index contributed by atoms with van der Waals surface area (Å²) in [5.74, 6) is -0.0462. The van der Waals surface area contributed by atoms with Gasteiger partial charge in [0.25, 0.3) is 0 Å². The number of aliphatic hydroxyl groups is 1. The van der Waals surface area contributed by atoms with Crippen LogP contribution >= 0.6 is 0 Å². The van der Waals surface area contributed by atoms with Crippen molar-refractivity contribution in [2.45, 2.75) is 25.4 Å². The molecule has 0 saturated heterocycles. The van der Waals surface area contributed by atoms with E-state index in [-0.39, 0.29) is 12.5 Å². The zero-order chi connectivity index (χ0) is 15.1. The molecule has 0 heterocycles. The van der Waals surface area contributed by atoms with Gasteiger partial charge in [0.1, 0.15) is 5.60 Å². The Balaban J connectivity index is 1.81. The average Bonchev–Trinajstić information content (AvgIpc) is 2.53. The minimum Gasteiger partial charge on any atom is -0.384 e. The summed E-state index contributed by atoms with van der Waals surface area (Å²) < 4.78 is 0. The van der Waals surface area contributed by atoms with Crippen molar-refractivity contribution in [2.24, 2.45) is 0 Å². The van der Waals surface area contributed by atoms with Crippen LogP contribution < -0.4 is 5.32 Å². The van der Waals surface area contributed by atoms with E-state index in [0.29, 0.717) is 12.8 Å². The molecule has 2 N–H and O–H groups in total. The van der Waals surface area contributed by atoms with Gasteiger partial charge in [-0.05, 0) is 24.5 Å². The minimum absolute atomic E-state index is 0.0462. The fourth-order valence-corrected chi connectivity index (χ4v) is 2.16. The van der Waals surface area contributed by atoms with Crippen molar-refractivity contribution >= 4 is 5.91 Å². The van der Waals surface area contributed by atoms with E-state index >= 15 is 0 Å². The van der Waals surface area contributed by atoms with Gasteiger partial charge in [-0.3, -0.25) is 4.79 Å². The molecular weight excluding hydrogens is 262 g/mol. The number of hydrogen-bond donors (Lipinski definition) is 2. The first-order chi connectivity index (χ1) is 10.1. The Morgan fingerprint density at radius 1 is 1.05 bits per heavy atom. The van der Waals surface area contributed by atoms with Gasteiger partial charge in [-0.15, -0.1) is 0 Å². The number of hydrogen-bond acceptors (Lipinski definition) is 2. The summed E-state index contributed by atoms with van der Waals surface area (Å²) in [5.41, 5.74) is 0.889. The van der Waals surface area contributed by atoms with Crippen LogP contribution in [0.1, 0.15) is 24.5 Å². The van der Waals surface area contributed by atoms with Gasteiger partial charge >= 0.3 is 0 Å². The molecule has 0 bridgehead atoms. The zero-order valence-electron chi connectivity index (χ0n) is 12.3. The highest BCUT2D eigenvalue weighted by Gasteiger charge is 2.23. The van der Waals surface area contributed by atoms with Gasteiger partial charge in [-0.1, -0.05) is 60.7 Å². The monoisotopic (exact) mass is 283 g/mol. The lowest BCUT2D eigenvalue weighted by molar-refractivity contribution is -0.122. The number of aryl methyl sites for hydroxylation is 1. The highest BCUT2D eigenvalue weighted by Crippen LogP contribution is 2.18. The SMILES string of the molecule is C[C@@](O)(CNC(=O)CCc1ccccc1)c1ccccc1. The predicted octanol–water partition coefficient (Wildman–Crippen LogP) is 2.64. The first-order valence-electron chi connectivity index (χ1n) is 7.16. The molecule has 1 amide bonds. The third-order valence-electron chi connectivity index (χ3n) is 3.51. The minimum atomic E-state index is -1.05. The second-order valence-corrected chi connectivity index (χ2v) is 5.40. The highest BCUT2D eigenvalue weighted by molar-refractivity contribution is 5.76. The Kier molecular flexibility index (Phi) is 5.12. The average molecular weight is 283 g/mol. The van der Waals surface area contributed by atoms with Crippen LogP contribution in [0.5, 0.6) is 0 Å². The van der Waals surface area contributed by atoms with Crippen molar-refractivity contribution in [3.8, 4) is 0 Å². The first kappa shape index (κ1) is 15.3. The van der Waals surface area contributed by atoms with Crippen molar-refractivity contribution < 1.29 is 9.90 Å². The Morgan fingerprint density at radius 3 is 2.24 bits per heavy atom. The summed E-state index contributed by atoms with van der Waals surface area (Å²) in [4.78, 5) is 11.9. The van der Waals surface area contributed by atoms with E-state index in [2.05, 4.69) is 5.32 Å². The van der Waals surface area contributed by atoms with Crippen LogP contribution in [0.3, 0.4) is 0 Å². The lowest BCUT2D eigenvalue weighted by atomic mass is 9.96. The lowest BCUT2D eigenvalue weighted by Gasteiger charge is -2.24. The molecule has 2 aromatic carbocycles. The van der Waals surface area contributed by atoms with Crippen LogP contribution in [-0.4, -0.2) is 17.6 Å². The summed E-state index contributed by atoms with van der Waals surface area (Å²) in [6.07, 6.45) is 1.13. The van der Waals surface area contributed by atoms with Crippen molar-refractivity contribution in [2.75, 3.05) is 6.54 Å². The molecule has 0 aliphatic carbocycles. The van der Waals surface area contributed by atoms with E-state index in [4.69, 9.17) is 0 Å².